The highest BCUT2D eigenvalue weighted by Crippen LogP contribution is 2.44. The molecule has 0 aliphatic carbocycles. The molecule has 124 valence electrons. The Hall–Kier alpha value is -2.62. The maximum Gasteiger partial charge on any atom is 0.129 e. The van der Waals surface area contributed by atoms with Gasteiger partial charge in [0.25, 0.3) is 0 Å². The summed E-state index contributed by atoms with van der Waals surface area (Å²) in [5.74, 6) is 2.04. The largest absolute Gasteiger partial charge is 0.508 e. The Balaban J connectivity index is 1.64. The first-order chi connectivity index (χ1) is 11.5. The molecule has 2 atom stereocenters. The van der Waals surface area contributed by atoms with Gasteiger partial charge in [0.05, 0.1) is 6.61 Å². The summed E-state index contributed by atoms with van der Waals surface area (Å²) in [7, 11) is 0. The van der Waals surface area contributed by atoms with Crippen LogP contribution in [0.1, 0.15) is 29.5 Å². The van der Waals surface area contributed by atoms with E-state index in [1.807, 2.05) is 19.1 Å². The molecule has 2 aliphatic heterocycles. The van der Waals surface area contributed by atoms with E-state index in [0.717, 1.165) is 46.6 Å². The molecule has 4 heteroatoms. The molecule has 2 aromatic carbocycles. The quantitative estimate of drug-likeness (QED) is 0.827. The number of fused-ring (bicyclic) bond motifs is 3. The van der Waals surface area contributed by atoms with Gasteiger partial charge >= 0.3 is 0 Å². The highest BCUT2D eigenvalue weighted by Gasteiger charge is 2.32. The van der Waals surface area contributed by atoms with E-state index in [1.54, 1.807) is 12.1 Å². The first-order valence-electron chi connectivity index (χ1n) is 8.14. The van der Waals surface area contributed by atoms with Crippen LogP contribution in [-0.4, -0.2) is 22.9 Å². The number of rotatable bonds is 2. The highest BCUT2D eigenvalue weighted by atomic mass is 16.5. The predicted molar refractivity (Wildman–Crippen MR) is 91.1 cm³/mol. The van der Waals surface area contributed by atoms with E-state index < -0.39 is 0 Å². The van der Waals surface area contributed by atoms with E-state index in [9.17, 15) is 10.2 Å². The number of benzene rings is 2. The molecule has 0 bridgehead atoms. The average Bonchev–Trinajstić information content (AvgIpc) is 2.99. The second-order valence-electron chi connectivity index (χ2n) is 6.64. The van der Waals surface area contributed by atoms with Crippen molar-refractivity contribution >= 4 is 0 Å². The van der Waals surface area contributed by atoms with E-state index in [-0.39, 0.29) is 23.5 Å². The summed E-state index contributed by atoms with van der Waals surface area (Å²) < 4.78 is 12.0. The zero-order valence-corrected chi connectivity index (χ0v) is 13.6. The maximum atomic E-state index is 10.1. The number of hydrogen-bond acceptors (Lipinski definition) is 4. The molecular formula is C20H20O4. The number of hydrogen-bond donors (Lipinski definition) is 2. The van der Waals surface area contributed by atoms with Crippen LogP contribution in [0.25, 0.3) is 0 Å². The second kappa shape index (κ2) is 5.48. The van der Waals surface area contributed by atoms with Crippen LogP contribution in [0, 0.1) is 0 Å². The molecule has 2 N–H and O–H groups in total. The molecule has 0 radical (unpaired) electrons. The number of aromatic hydroxyl groups is 2. The van der Waals surface area contributed by atoms with Crippen molar-refractivity contribution in [2.24, 2.45) is 0 Å². The minimum Gasteiger partial charge on any atom is -0.508 e. The zero-order chi connectivity index (χ0) is 16.8. The Labute approximate surface area is 141 Å². The Morgan fingerprint density at radius 2 is 2.00 bits per heavy atom. The van der Waals surface area contributed by atoms with Gasteiger partial charge in [0.15, 0.2) is 0 Å². The van der Waals surface area contributed by atoms with Crippen LogP contribution in [0.4, 0.5) is 0 Å². The third-order valence-electron chi connectivity index (χ3n) is 4.86. The van der Waals surface area contributed by atoms with Crippen molar-refractivity contribution < 1.29 is 19.7 Å². The third-order valence-corrected chi connectivity index (χ3v) is 4.86. The van der Waals surface area contributed by atoms with E-state index in [1.165, 1.54) is 6.07 Å². The Morgan fingerprint density at radius 1 is 1.17 bits per heavy atom. The van der Waals surface area contributed by atoms with Crippen molar-refractivity contribution in [3.8, 4) is 23.0 Å². The fourth-order valence-corrected chi connectivity index (χ4v) is 3.54. The summed E-state index contributed by atoms with van der Waals surface area (Å²) in [6.07, 6.45) is 1.61. The minimum absolute atomic E-state index is 0.0222. The molecule has 0 saturated heterocycles. The Bertz CT molecular complexity index is 825. The predicted octanol–water partition coefficient (Wildman–Crippen LogP) is 3.70. The molecule has 0 amide bonds. The lowest BCUT2D eigenvalue weighted by molar-refractivity contribution is 0.257. The SMILES string of the molecule is C=C(C)[C@@H]1Cc2c(ccc3c2OC[C@@H](c2ccc(O)cc2O)C3)O1. The molecule has 24 heavy (non-hydrogen) atoms. The monoisotopic (exact) mass is 324 g/mol. The van der Waals surface area contributed by atoms with Crippen LogP contribution < -0.4 is 9.47 Å². The van der Waals surface area contributed by atoms with Gasteiger partial charge in [-0.3, -0.25) is 0 Å². The van der Waals surface area contributed by atoms with Gasteiger partial charge in [-0.1, -0.05) is 18.7 Å². The molecule has 0 fully saturated rings. The van der Waals surface area contributed by atoms with Crippen molar-refractivity contribution in [3.63, 3.8) is 0 Å². The number of ether oxygens (including phenoxy) is 2. The molecule has 4 nitrogen and oxygen atoms in total. The summed E-state index contributed by atoms with van der Waals surface area (Å²) in [5, 5.41) is 19.6. The Morgan fingerprint density at radius 3 is 2.75 bits per heavy atom. The van der Waals surface area contributed by atoms with Crippen molar-refractivity contribution in [2.45, 2.75) is 31.8 Å². The molecule has 2 aliphatic rings. The lowest BCUT2D eigenvalue weighted by Crippen LogP contribution is -2.20. The third kappa shape index (κ3) is 2.39. The van der Waals surface area contributed by atoms with Gasteiger partial charge in [0, 0.05) is 29.5 Å². The molecule has 0 spiro atoms. The first kappa shape index (κ1) is 14.9. The molecule has 4 rings (SSSR count). The van der Waals surface area contributed by atoms with E-state index >= 15 is 0 Å². The van der Waals surface area contributed by atoms with Crippen molar-refractivity contribution in [1.82, 2.24) is 0 Å². The lowest BCUT2D eigenvalue weighted by atomic mass is 9.88. The first-order valence-corrected chi connectivity index (χ1v) is 8.14. The van der Waals surface area contributed by atoms with Crippen LogP contribution in [0.15, 0.2) is 42.5 Å². The Kier molecular flexibility index (Phi) is 3.41. The van der Waals surface area contributed by atoms with Crippen LogP contribution in [-0.2, 0) is 12.8 Å². The summed E-state index contributed by atoms with van der Waals surface area (Å²) >= 11 is 0. The summed E-state index contributed by atoms with van der Waals surface area (Å²) in [6, 6.07) is 8.77. The van der Waals surface area contributed by atoms with Gasteiger partial charge in [0.2, 0.25) is 0 Å². The maximum absolute atomic E-state index is 10.1. The van der Waals surface area contributed by atoms with Gasteiger partial charge in [-0.2, -0.15) is 0 Å². The molecule has 2 aromatic rings. The normalized spacial score (nSPS) is 21.4. The van der Waals surface area contributed by atoms with Crippen molar-refractivity contribution in [2.75, 3.05) is 6.61 Å². The topological polar surface area (TPSA) is 58.9 Å². The molecule has 0 aromatic heterocycles. The fourth-order valence-electron chi connectivity index (χ4n) is 3.54. The summed E-state index contributed by atoms with van der Waals surface area (Å²) in [6.45, 7) is 6.47. The van der Waals surface area contributed by atoms with Crippen LogP contribution >= 0.6 is 0 Å². The van der Waals surface area contributed by atoms with Crippen molar-refractivity contribution in [1.29, 1.82) is 0 Å². The second-order valence-corrected chi connectivity index (χ2v) is 6.64. The number of phenolic OH excluding ortho intramolecular Hbond substituents is 2. The highest BCUT2D eigenvalue weighted by molar-refractivity contribution is 5.55. The fraction of sp³-hybridized carbons (Fsp3) is 0.300. The molecule has 0 unspecified atom stereocenters. The van der Waals surface area contributed by atoms with Crippen LogP contribution in [0.2, 0.25) is 0 Å². The van der Waals surface area contributed by atoms with E-state index in [2.05, 4.69) is 6.58 Å². The standard InChI is InChI=1S/C20H20O4/c1-11(2)19-9-16-18(24-19)6-3-12-7-13(10-23-20(12)16)15-5-4-14(21)8-17(15)22/h3-6,8,13,19,21-22H,1,7,9-10H2,2H3/t13-,19-/m0/s1. The lowest BCUT2D eigenvalue weighted by Gasteiger charge is -2.27. The van der Waals surface area contributed by atoms with Crippen LogP contribution in [0.3, 0.4) is 0 Å². The van der Waals surface area contributed by atoms with Crippen molar-refractivity contribution in [3.05, 3.63) is 59.2 Å². The molecule has 2 heterocycles. The van der Waals surface area contributed by atoms with Gasteiger partial charge in [-0.25, -0.2) is 0 Å². The van der Waals surface area contributed by atoms with Crippen LogP contribution in [0.5, 0.6) is 23.0 Å². The van der Waals surface area contributed by atoms with Gasteiger partial charge in [0.1, 0.15) is 29.1 Å². The summed E-state index contributed by atoms with van der Waals surface area (Å²) in [5.41, 5.74) is 4.06. The van der Waals surface area contributed by atoms with E-state index in [4.69, 9.17) is 9.47 Å². The summed E-state index contributed by atoms with van der Waals surface area (Å²) in [4.78, 5) is 0. The molecular weight excluding hydrogens is 304 g/mol. The average molecular weight is 324 g/mol. The van der Waals surface area contributed by atoms with Gasteiger partial charge < -0.3 is 19.7 Å². The number of phenols is 2. The zero-order valence-electron chi connectivity index (χ0n) is 13.6. The van der Waals surface area contributed by atoms with Gasteiger partial charge in [-0.05, 0) is 36.6 Å². The minimum atomic E-state index is 0.0222. The molecule has 0 saturated carbocycles. The van der Waals surface area contributed by atoms with Gasteiger partial charge in [-0.15, -0.1) is 0 Å². The smallest absolute Gasteiger partial charge is 0.129 e. The van der Waals surface area contributed by atoms with E-state index in [0.29, 0.717) is 6.61 Å².